The van der Waals surface area contributed by atoms with Crippen molar-refractivity contribution in [1.29, 1.82) is 0 Å². The van der Waals surface area contributed by atoms with Crippen LogP contribution < -0.4 is 5.32 Å². The normalized spacial score (nSPS) is 20.8. The summed E-state index contributed by atoms with van der Waals surface area (Å²) in [5, 5.41) is 3.22. The van der Waals surface area contributed by atoms with Crippen molar-refractivity contribution < 1.29 is 22.3 Å². The fourth-order valence-electron chi connectivity index (χ4n) is 3.78. The number of nitrogens with zero attached hydrogens (tertiary/aromatic N) is 1. The summed E-state index contributed by atoms with van der Waals surface area (Å²) in [5.41, 5.74) is -0.657. The second-order valence-corrected chi connectivity index (χ2v) is 6.41. The highest BCUT2D eigenvalue weighted by Crippen LogP contribution is 2.42. The maximum Gasteiger partial charge on any atom is 0.416 e. The lowest BCUT2D eigenvalue weighted by molar-refractivity contribution is -0.139. The van der Waals surface area contributed by atoms with Gasteiger partial charge in [0, 0.05) is 45.4 Å². The Morgan fingerprint density at radius 1 is 1.08 bits per heavy atom. The van der Waals surface area contributed by atoms with Gasteiger partial charge in [-0.2, -0.15) is 13.2 Å². The molecular weight excluding hydrogens is 395 g/mol. The summed E-state index contributed by atoms with van der Waals surface area (Å²) >= 11 is 0. The molecule has 0 unspecified atom stereocenters. The minimum Gasteiger partial charge on any atom is -0.381 e. The summed E-state index contributed by atoms with van der Waals surface area (Å²) in [6.45, 7) is 3.88. The molecule has 1 aromatic carbocycles. The lowest BCUT2D eigenvalue weighted by Gasteiger charge is -2.42. The molecule has 0 saturated carbocycles. The van der Waals surface area contributed by atoms with Crippen LogP contribution in [0.1, 0.15) is 30.0 Å². The number of rotatable bonds is 3. The Hall–Kier alpha value is -0.600. The van der Waals surface area contributed by atoms with Crippen LogP contribution in [-0.2, 0) is 10.9 Å². The van der Waals surface area contributed by atoms with Crippen molar-refractivity contribution in [2.45, 2.75) is 25.1 Å². The van der Waals surface area contributed by atoms with Crippen molar-refractivity contribution in [2.24, 2.45) is 5.92 Å². The molecule has 2 aliphatic rings. The van der Waals surface area contributed by atoms with Gasteiger partial charge in [0.2, 0.25) is 0 Å². The number of benzene rings is 1. The molecular formula is C17H24Cl2F4N2O. The van der Waals surface area contributed by atoms with Crippen molar-refractivity contribution in [3.8, 4) is 0 Å². The molecule has 1 atom stereocenters. The van der Waals surface area contributed by atoms with Gasteiger partial charge in [-0.15, -0.1) is 24.8 Å². The van der Waals surface area contributed by atoms with Crippen LogP contribution in [0, 0.1) is 11.7 Å². The molecule has 2 fully saturated rings. The van der Waals surface area contributed by atoms with Gasteiger partial charge in [-0.05, 0) is 42.5 Å². The van der Waals surface area contributed by atoms with Crippen LogP contribution in [0.2, 0.25) is 0 Å². The second-order valence-electron chi connectivity index (χ2n) is 6.41. The Morgan fingerprint density at radius 3 is 2.27 bits per heavy atom. The minimum atomic E-state index is -4.49. The average Bonchev–Trinajstić information content (AvgIpc) is 2.56. The number of hydrogen-bond acceptors (Lipinski definition) is 3. The summed E-state index contributed by atoms with van der Waals surface area (Å²) in [6, 6.07) is 2.42. The van der Waals surface area contributed by atoms with Crippen LogP contribution in [0.5, 0.6) is 0 Å². The Labute approximate surface area is 163 Å². The van der Waals surface area contributed by atoms with Crippen LogP contribution >= 0.6 is 24.8 Å². The average molecular weight is 419 g/mol. The number of alkyl halides is 3. The molecule has 0 aliphatic carbocycles. The molecule has 2 heterocycles. The molecule has 0 radical (unpaired) electrons. The summed E-state index contributed by atoms with van der Waals surface area (Å²) in [4.78, 5) is 2.07. The predicted octanol–water partition coefficient (Wildman–Crippen LogP) is 4.06. The van der Waals surface area contributed by atoms with Crippen molar-refractivity contribution in [3.63, 3.8) is 0 Å². The van der Waals surface area contributed by atoms with E-state index in [9.17, 15) is 17.6 Å². The van der Waals surface area contributed by atoms with E-state index in [1.807, 2.05) is 0 Å². The largest absolute Gasteiger partial charge is 0.416 e. The van der Waals surface area contributed by atoms with E-state index in [0.717, 1.165) is 31.3 Å². The third kappa shape index (κ3) is 5.45. The highest BCUT2D eigenvalue weighted by molar-refractivity contribution is 5.85. The molecule has 26 heavy (non-hydrogen) atoms. The van der Waals surface area contributed by atoms with Gasteiger partial charge >= 0.3 is 6.18 Å². The number of ether oxygens (including phenoxy) is 1. The molecule has 0 amide bonds. The van der Waals surface area contributed by atoms with E-state index < -0.39 is 23.6 Å². The summed E-state index contributed by atoms with van der Waals surface area (Å²) in [6.07, 6.45) is -3.09. The molecule has 2 aliphatic heterocycles. The molecule has 1 aromatic rings. The van der Waals surface area contributed by atoms with Crippen LogP contribution in [0.3, 0.4) is 0 Å². The molecule has 150 valence electrons. The molecule has 0 spiro atoms. The van der Waals surface area contributed by atoms with Gasteiger partial charge in [0.1, 0.15) is 5.82 Å². The molecule has 2 saturated heterocycles. The highest BCUT2D eigenvalue weighted by atomic mass is 35.5. The topological polar surface area (TPSA) is 24.5 Å². The molecule has 0 aromatic heterocycles. The van der Waals surface area contributed by atoms with Crippen molar-refractivity contribution in [1.82, 2.24) is 10.2 Å². The SMILES string of the molecule is Cl.Cl.Fc1ccc(C(F)(F)F)c([C@H](C2CCOCC2)N2CCNCC2)c1. The van der Waals surface area contributed by atoms with Crippen molar-refractivity contribution in [3.05, 3.63) is 35.1 Å². The van der Waals surface area contributed by atoms with Gasteiger partial charge in [0.05, 0.1) is 5.56 Å². The van der Waals surface area contributed by atoms with Gasteiger partial charge in [-0.3, -0.25) is 4.90 Å². The zero-order chi connectivity index (χ0) is 17.2. The van der Waals surface area contributed by atoms with E-state index in [-0.39, 0.29) is 36.3 Å². The first kappa shape index (κ1) is 23.4. The van der Waals surface area contributed by atoms with Crippen LogP contribution in [0.4, 0.5) is 17.6 Å². The smallest absolute Gasteiger partial charge is 0.381 e. The van der Waals surface area contributed by atoms with Gasteiger partial charge in [-0.25, -0.2) is 4.39 Å². The fraction of sp³-hybridized carbons (Fsp3) is 0.647. The van der Waals surface area contributed by atoms with Crippen molar-refractivity contribution in [2.75, 3.05) is 39.4 Å². The Bertz CT molecular complexity index is 544. The Morgan fingerprint density at radius 2 is 1.69 bits per heavy atom. The summed E-state index contributed by atoms with van der Waals surface area (Å²) < 4.78 is 59.7. The van der Waals surface area contributed by atoms with Crippen molar-refractivity contribution >= 4 is 24.8 Å². The number of hydrogen-bond donors (Lipinski definition) is 1. The van der Waals surface area contributed by atoms with E-state index in [1.165, 1.54) is 0 Å². The van der Waals surface area contributed by atoms with Crippen LogP contribution in [0.15, 0.2) is 18.2 Å². The molecule has 3 nitrogen and oxygen atoms in total. The third-order valence-corrected chi connectivity index (χ3v) is 4.90. The van der Waals surface area contributed by atoms with Gasteiger partial charge in [-0.1, -0.05) is 0 Å². The lowest BCUT2D eigenvalue weighted by atomic mass is 9.83. The second kappa shape index (κ2) is 10.1. The minimum absolute atomic E-state index is 0. The fourth-order valence-corrected chi connectivity index (χ4v) is 3.78. The molecule has 0 bridgehead atoms. The first-order valence-corrected chi connectivity index (χ1v) is 8.36. The third-order valence-electron chi connectivity index (χ3n) is 4.90. The van der Waals surface area contributed by atoms with E-state index >= 15 is 0 Å². The van der Waals surface area contributed by atoms with Gasteiger partial charge in [0.15, 0.2) is 0 Å². The monoisotopic (exact) mass is 418 g/mol. The highest BCUT2D eigenvalue weighted by Gasteiger charge is 2.40. The first-order chi connectivity index (χ1) is 11.5. The lowest BCUT2D eigenvalue weighted by Crippen LogP contribution is -2.48. The predicted molar refractivity (Wildman–Crippen MR) is 96.6 cm³/mol. The maximum atomic E-state index is 13.8. The van der Waals surface area contributed by atoms with Gasteiger partial charge < -0.3 is 10.1 Å². The molecule has 3 rings (SSSR count). The first-order valence-electron chi connectivity index (χ1n) is 8.36. The van der Waals surface area contributed by atoms with E-state index in [0.29, 0.717) is 39.1 Å². The molecule has 9 heteroatoms. The number of piperazine rings is 1. The Balaban J connectivity index is 0.00000169. The molecule has 1 N–H and O–H groups in total. The van der Waals surface area contributed by atoms with E-state index in [2.05, 4.69) is 10.2 Å². The standard InChI is InChI=1S/C17H22F4N2O.2ClH/c18-13-1-2-15(17(19,20)21)14(11-13)16(12-3-9-24-10-4-12)23-7-5-22-6-8-23;;/h1-2,11-12,16,22H,3-10H2;2*1H/t16-;;/m0../s1. The van der Waals surface area contributed by atoms with Gasteiger partial charge in [0.25, 0.3) is 0 Å². The zero-order valence-corrected chi connectivity index (χ0v) is 15.9. The van der Waals surface area contributed by atoms with E-state index in [1.54, 1.807) is 0 Å². The summed E-state index contributed by atoms with van der Waals surface area (Å²) in [5.74, 6) is -0.579. The van der Waals surface area contributed by atoms with E-state index in [4.69, 9.17) is 4.74 Å². The van der Waals surface area contributed by atoms with Crippen LogP contribution in [0.25, 0.3) is 0 Å². The zero-order valence-electron chi connectivity index (χ0n) is 14.2. The number of nitrogens with one attached hydrogen (secondary N) is 1. The quantitative estimate of drug-likeness (QED) is 0.748. The Kier molecular flexibility index (Phi) is 9.09. The van der Waals surface area contributed by atoms with Crippen LogP contribution in [-0.4, -0.2) is 44.3 Å². The maximum absolute atomic E-state index is 13.8. The number of halogens is 6. The summed E-state index contributed by atoms with van der Waals surface area (Å²) in [7, 11) is 0.